The van der Waals surface area contributed by atoms with Gasteiger partial charge in [0.15, 0.2) is 11.5 Å². The van der Waals surface area contributed by atoms with E-state index in [0.29, 0.717) is 23.5 Å². The Balaban J connectivity index is 1.49. The van der Waals surface area contributed by atoms with Crippen molar-refractivity contribution in [2.45, 2.75) is 33.3 Å². The Hall–Kier alpha value is -1.75. The second-order valence-corrected chi connectivity index (χ2v) is 7.84. The van der Waals surface area contributed by atoms with Crippen molar-refractivity contribution in [3.8, 4) is 11.5 Å². The van der Waals surface area contributed by atoms with Gasteiger partial charge in [0.2, 0.25) is 6.10 Å². The van der Waals surface area contributed by atoms with E-state index in [9.17, 15) is 4.79 Å². The molecule has 1 unspecified atom stereocenters. The summed E-state index contributed by atoms with van der Waals surface area (Å²) in [6.07, 6.45) is 0.651. The molecular formula is C19H28N2O3. The standard InChI is InChI=1S/C19H28N2O3/c1-19(2,3)8-9-20-10-12-21(13-11-20)18(22)17-14-23-15-6-4-5-7-16(15)24-17/h4-7,17H,8-14H2,1-3H3. The van der Waals surface area contributed by atoms with Crippen molar-refractivity contribution in [1.29, 1.82) is 0 Å². The van der Waals surface area contributed by atoms with Gasteiger partial charge in [-0.15, -0.1) is 0 Å². The summed E-state index contributed by atoms with van der Waals surface area (Å²) in [5.41, 5.74) is 0.355. The first kappa shape index (κ1) is 17.1. The highest BCUT2D eigenvalue weighted by Gasteiger charge is 2.32. The number of para-hydroxylation sites is 2. The second-order valence-electron chi connectivity index (χ2n) is 7.84. The van der Waals surface area contributed by atoms with Gasteiger partial charge >= 0.3 is 0 Å². The molecule has 2 aliphatic rings. The highest BCUT2D eigenvalue weighted by atomic mass is 16.6. The van der Waals surface area contributed by atoms with Gasteiger partial charge in [-0.25, -0.2) is 0 Å². The van der Waals surface area contributed by atoms with E-state index in [0.717, 1.165) is 32.7 Å². The monoisotopic (exact) mass is 332 g/mol. The van der Waals surface area contributed by atoms with Gasteiger partial charge < -0.3 is 14.4 Å². The molecule has 0 radical (unpaired) electrons. The molecule has 3 rings (SSSR count). The number of rotatable bonds is 3. The molecule has 5 heteroatoms. The van der Waals surface area contributed by atoms with Crippen LogP contribution in [0.5, 0.6) is 11.5 Å². The van der Waals surface area contributed by atoms with Crippen molar-refractivity contribution in [1.82, 2.24) is 9.80 Å². The van der Waals surface area contributed by atoms with E-state index in [1.165, 1.54) is 6.42 Å². The summed E-state index contributed by atoms with van der Waals surface area (Å²) < 4.78 is 11.5. The maximum atomic E-state index is 12.7. The average Bonchev–Trinajstić information content (AvgIpc) is 2.59. The zero-order valence-corrected chi connectivity index (χ0v) is 15.0. The van der Waals surface area contributed by atoms with Gasteiger partial charge in [0.05, 0.1) is 0 Å². The number of carbonyl (C=O) groups excluding carboxylic acids is 1. The number of nitrogens with zero attached hydrogens (tertiary/aromatic N) is 2. The lowest BCUT2D eigenvalue weighted by atomic mass is 9.92. The molecule has 0 N–H and O–H groups in total. The van der Waals surface area contributed by atoms with Crippen LogP contribution in [0.1, 0.15) is 27.2 Å². The third kappa shape index (κ3) is 4.20. The summed E-state index contributed by atoms with van der Waals surface area (Å²) in [4.78, 5) is 17.0. The van der Waals surface area contributed by atoms with Crippen molar-refractivity contribution >= 4 is 5.91 Å². The van der Waals surface area contributed by atoms with Crippen LogP contribution in [-0.4, -0.2) is 61.1 Å². The fourth-order valence-corrected chi connectivity index (χ4v) is 3.03. The molecule has 2 heterocycles. The first-order valence-electron chi connectivity index (χ1n) is 8.82. The second kappa shape index (κ2) is 7.01. The SMILES string of the molecule is CC(C)(C)CCN1CCN(C(=O)C2COc3ccccc3O2)CC1. The molecule has 1 saturated heterocycles. The lowest BCUT2D eigenvalue weighted by molar-refractivity contribution is -0.143. The van der Waals surface area contributed by atoms with Gasteiger partial charge in [0.25, 0.3) is 5.91 Å². The first-order valence-corrected chi connectivity index (χ1v) is 8.82. The molecule has 2 aliphatic heterocycles. The van der Waals surface area contributed by atoms with Gasteiger partial charge in [0, 0.05) is 26.2 Å². The van der Waals surface area contributed by atoms with Crippen LogP contribution in [-0.2, 0) is 4.79 Å². The molecule has 1 fully saturated rings. The molecule has 0 spiro atoms. The number of carbonyl (C=O) groups is 1. The molecule has 0 bridgehead atoms. The van der Waals surface area contributed by atoms with E-state index in [2.05, 4.69) is 25.7 Å². The number of amides is 1. The van der Waals surface area contributed by atoms with Crippen LogP contribution in [0.3, 0.4) is 0 Å². The average molecular weight is 332 g/mol. The Morgan fingerprint density at radius 2 is 1.79 bits per heavy atom. The van der Waals surface area contributed by atoms with Gasteiger partial charge in [-0.2, -0.15) is 0 Å². The molecule has 132 valence electrons. The van der Waals surface area contributed by atoms with Crippen LogP contribution >= 0.6 is 0 Å². The topological polar surface area (TPSA) is 42.0 Å². The molecule has 24 heavy (non-hydrogen) atoms. The number of piperazine rings is 1. The molecule has 1 aromatic carbocycles. The van der Waals surface area contributed by atoms with Crippen LogP contribution < -0.4 is 9.47 Å². The fraction of sp³-hybridized carbons (Fsp3) is 0.632. The van der Waals surface area contributed by atoms with E-state index in [-0.39, 0.29) is 5.91 Å². The Morgan fingerprint density at radius 1 is 1.12 bits per heavy atom. The Bertz CT molecular complexity index is 574. The van der Waals surface area contributed by atoms with E-state index in [1.54, 1.807) is 0 Å². The minimum atomic E-state index is -0.527. The third-order valence-corrected chi connectivity index (χ3v) is 4.65. The number of fused-ring (bicyclic) bond motifs is 1. The third-order valence-electron chi connectivity index (χ3n) is 4.65. The summed E-state index contributed by atoms with van der Waals surface area (Å²) in [5, 5.41) is 0. The largest absolute Gasteiger partial charge is 0.485 e. The van der Waals surface area contributed by atoms with Crippen LogP contribution in [0.2, 0.25) is 0 Å². The fourth-order valence-electron chi connectivity index (χ4n) is 3.03. The minimum Gasteiger partial charge on any atom is -0.485 e. The van der Waals surface area contributed by atoms with Gasteiger partial charge in [-0.1, -0.05) is 32.9 Å². The highest BCUT2D eigenvalue weighted by molar-refractivity contribution is 5.82. The zero-order chi connectivity index (χ0) is 17.2. The summed E-state index contributed by atoms with van der Waals surface area (Å²) in [7, 11) is 0. The maximum absolute atomic E-state index is 12.7. The Kier molecular flexibility index (Phi) is 4.99. The smallest absolute Gasteiger partial charge is 0.267 e. The Labute approximate surface area is 144 Å². The summed E-state index contributed by atoms with van der Waals surface area (Å²) in [5.74, 6) is 1.42. The Morgan fingerprint density at radius 3 is 2.46 bits per heavy atom. The van der Waals surface area contributed by atoms with Crippen LogP contribution in [0.4, 0.5) is 0 Å². The predicted octanol–water partition coefficient (Wildman–Crippen LogP) is 2.41. The van der Waals surface area contributed by atoms with Crippen molar-refractivity contribution in [3.63, 3.8) is 0 Å². The highest BCUT2D eigenvalue weighted by Crippen LogP contribution is 2.31. The minimum absolute atomic E-state index is 0.0416. The van der Waals surface area contributed by atoms with E-state index < -0.39 is 6.10 Å². The van der Waals surface area contributed by atoms with Crippen LogP contribution in [0.15, 0.2) is 24.3 Å². The molecule has 0 aromatic heterocycles. The van der Waals surface area contributed by atoms with Gasteiger partial charge in [-0.05, 0) is 30.5 Å². The lowest BCUT2D eigenvalue weighted by Gasteiger charge is -2.38. The summed E-state index contributed by atoms with van der Waals surface area (Å²) in [6.45, 7) is 11.6. The van der Waals surface area contributed by atoms with Gasteiger partial charge in [0.1, 0.15) is 6.61 Å². The molecule has 0 saturated carbocycles. The maximum Gasteiger partial charge on any atom is 0.267 e. The summed E-state index contributed by atoms with van der Waals surface area (Å²) in [6, 6.07) is 7.51. The number of hydrogen-bond acceptors (Lipinski definition) is 4. The predicted molar refractivity (Wildman–Crippen MR) is 93.4 cm³/mol. The molecule has 5 nitrogen and oxygen atoms in total. The van der Waals surface area contributed by atoms with Crippen molar-refractivity contribution in [2.75, 3.05) is 39.3 Å². The van der Waals surface area contributed by atoms with Crippen LogP contribution in [0, 0.1) is 5.41 Å². The number of hydrogen-bond donors (Lipinski definition) is 0. The molecule has 1 aromatic rings. The van der Waals surface area contributed by atoms with E-state index in [1.807, 2.05) is 29.2 Å². The summed E-state index contributed by atoms with van der Waals surface area (Å²) >= 11 is 0. The molecule has 1 amide bonds. The molecule has 0 aliphatic carbocycles. The number of ether oxygens (including phenoxy) is 2. The number of benzene rings is 1. The lowest BCUT2D eigenvalue weighted by Crippen LogP contribution is -2.54. The zero-order valence-electron chi connectivity index (χ0n) is 15.0. The van der Waals surface area contributed by atoms with Crippen molar-refractivity contribution < 1.29 is 14.3 Å². The van der Waals surface area contributed by atoms with E-state index >= 15 is 0 Å². The van der Waals surface area contributed by atoms with Crippen LogP contribution in [0.25, 0.3) is 0 Å². The normalized spacial score (nSPS) is 21.6. The molecule has 1 atom stereocenters. The molecular weight excluding hydrogens is 304 g/mol. The van der Waals surface area contributed by atoms with Crippen molar-refractivity contribution in [3.05, 3.63) is 24.3 Å². The first-order chi connectivity index (χ1) is 11.4. The quantitative estimate of drug-likeness (QED) is 0.852. The van der Waals surface area contributed by atoms with Crippen molar-refractivity contribution in [2.24, 2.45) is 5.41 Å². The van der Waals surface area contributed by atoms with E-state index in [4.69, 9.17) is 9.47 Å². The van der Waals surface area contributed by atoms with Gasteiger partial charge in [-0.3, -0.25) is 9.69 Å².